The maximum Gasteiger partial charge on any atom is 0.391 e. The molecular weight excluding hydrogens is 359 g/mol. The van der Waals surface area contributed by atoms with Crippen molar-refractivity contribution in [3.63, 3.8) is 0 Å². The lowest BCUT2D eigenvalue weighted by atomic mass is 9.78. The number of halogens is 3. The number of nitrogens with zero attached hydrogens (tertiary/aromatic N) is 1. The fraction of sp³-hybridized carbons (Fsp3) is 0.947. The van der Waals surface area contributed by atoms with Crippen molar-refractivity contribution in [2.24, 2.45) is 11.8 Å². The number of rotatable bonds is 3. The Balaban J connectivity index is 1.28. The van der Waals surface area contributed by atoms with Crippen LogP contribution in [0.4, 0.5) is 13.2 Å². The number of alkyl halides is 3. The van der Waals surface area contributed by atoms with Crippen molar-refractivity contribution in [3.8, 4) is 0 Å². The number of hydrazine groups is 1. The average molecular weight is 389 g/mol. The zero-order valence-electron chi connectivity index (χ0n) is 15.6. The Labute approximate surface area is 158 Å². The summed E-state index contributed by atoms with van der Waals surface area (Å²) in [4.78, 5) is 12.6. The Morgan fingerprint density at radius 2 is 1.85 bits per heavy atom. The Bertz CT molecular complexity index is 545. The Morgan fingerprint density at radius 3 is 2.67 bits per heavy atom. The van der Waals surface area contributed by atoms with Gasteiger partial charge in [0.15, 0.2) is 0 Å². The molecule has 5 nitrogen and oxygen atoms in total. The number of carbonyl (C=O) groups excluding carboxylic acids is 1. The SMILES string of the molecule is O=C(NN1CNC2CCCCC21)C1CCC(C2CCCC(C(F)(F)F)C2)O1. The first-order valence-electron chi connectivity index (χ1n) is 10.4. The van der Waals surface area contributed by atoms with Crippen LogP contribution in [0.15, 0.2) is 0 Å². The van der Waals surface area contributed by atoms with E-state index >= 15 is 0 Å². The van der Waals surface area contributed by atoms with E-state index in [0.717, 1.165) is 19.3 Å². The molecule has 0 aromatic rings. The van der Waals surface area contributed by atoms with Crippen LogP contribution in [0.1, 0.15) is 64.2 Å². The summed E-state index contributed by atoms with van der Waals surface area (Å²) < 4.78 is 45.1. The van der Waals surface area contributed by atoms with E-state index in [4.69, 9.17) is 4.74 Å². The molecule has 2 aliphatic carbocycles. The van der Waals surface area contributed by atoms with E-state index in [-0.39, 0.29) is 30.8 Å². The third kappa shape index (κ3) is 4.27. The number of amides is 1. The van der Waals surface area contributed by atoms with Crippen LogP contribution in [0.5, 0.6) is 0 Å². The predicted octanol–water partition coefficient (Wildman–Crippen LogP) is 3.11. The average Bonchev–Trinajstić information content (AvgIpc) is 3.29. The quantitative estimate of drug-likeness (QED) is 0.779. The minimum atomic E-state index is -4.12. The Kier molecular flexibility index (Phi) is 5.67. The Hall–Kier alpha value is -0.860. The predicted molar refractivity (Wildman–Crippen MR) is 93.4 cm³/mol. The van der Waals surface area contributed by atoms with Crippen molar-refractivity contribution in [3.05, 3.63) is 0 Å². The van der Waals surface area contributed by atoms with Crippen molar-refractivity contribution >= 4 is 5.91 Å². The summed E-state index contributed by atoms with van der Waals surface area (Å²) in [5.41, 5.74) is 3.00. The van der Waals surface area contributed by atoms with Crippen molar-refractivity contribution in [1.82, 2.24) is 15.8 Å². The molecule has 6 unspecified atom stereocenters. The van der Waals surface area contributed by atoms with E-state index < -0.39 is 18.2 Å². The second-order valence-corrected chi connectivity index (χ2v) is 8.67. The fourth-order valence-electron chi connectivity index (χ4n) is 5.46. The lowest BCUT2D eigenvalue weighted by Crippen LogP contribution is -2.51. The van der Waals surface area contributed by atoms with Gasteiger partial charge in [0.05, 0.1) is 18.7 Å². The summed E-state index contributed by atoms with van der Waals surface area (Å²) >= 11 is 0. The lowest BCUT2D eigenvalue weighted by Gasteiger charge is -2.34. The van der Waals surface area contributed by atoms with E-state index in [1.54, 1.807) is 0 Å². The van der Waals surface area contributed by atoms with Crippen LogP contribution in [0, 0.1) is 11.8 Å². The number of nitrogens with one attached hydrogen (secondary N) is 2. The van der Waals surface area contributed by atoms with Gasteiger partial charge < -0.3 is 4.74 Å². The van der Waals surface area contributed by atoms with Crippen LogP contribution in [0.25, 0.3) is 0 Å². The second-order valence-electron chi connectivity index (χ2n) is 8.67. The highest BCUT2D eigenvalue weighted by Gasteiger charge is 2.46. The minimum absolute atomic E-state index is 0.0839. The third-order valence-electron chi connectivity index (χ3n) is 6.96. The summed E-state index contributed by atoms with van der Waals surface area (Å²) in [7, 11) is 0. The largest absolute Gasteiger partial charge is 0.391 e. The first-order chi connectivity index (χ1) is 12.9. The molecule has 0 aromatic heterocycles. The van der Waals surface area contributed by atoms with Gasteiger partial charge in [0, 0.05) is 12.1 Å². The molecule has 0 radical (unpaired) electrons. The van der Waals surface area contributed by atoms with Crippen molar-refractivity contribution in [2.45, 2.75) is 94.7 Å². The lowest BCUT2D eigenvalue weighted by molar-refractivity contribution is -0.190. The number of hydrogen-bond donors (Lipinski definition) is 2. The van der Waals surface area contributed by atoms with E-state index in [1.165, 1.54) is 12.8 Å². The van der Waals surface area contributed by atoms with Gasteiger partial charge >= 0.3 is 6.18 Å². The normalized spacial score (nSPS) is 40.7. The number of carbonyl (C=O) groups is 1. The van der Waals surface area contributed by atoms with Gasteiger partial charge in [-0.1, -0.05) is 19.3 Å². The molecule has 0 aromatic carbocycles. The number of ether oxygens (including phenoxy) is 1. The summed E-state index contributed by atoms with van der Waals surface area (Å²) in [6.07, 6.45) is 2.75. The highest BCUT2D eigenvalue weighted by molar-refractivity contribution is 5.80. The van der Waals surface area contributed by atoms with Gasteiger partial charge in [0.25, 0.3) is 5.91 Å². The molecule has 4 rings (SSSR count). The van der Waals surface area contributed by atoms with Crippen LogP contribution in [0.2, 0.25) is 0 Å². The number of fused-ring (bicyclic) bond motifs is 1. The summed E-state index contributed by atoms with van der Waals surface area (Å²) in [6, 6.07) is 0.781. The van der Waals surface area contributed by atoms with Crippen molar-refractivity contribution in [2.75, 3.05) is 6.67 Å². The van der Waals surface area contributed by atoms with Crippen LogP contribution in [0.3, 0.4) is 0 Å². The zero-order chi connectivity index (χ0) is 19.0. The molecule has 2 saturated carbocycles. The van der Waals surface area contributed by atoms with Crippen LogP contribution in [-0.2, 0) is 9.53 Å². The van der Waals surface area contributed by atoms with E-state index in [2.05, 4.69) is 10.7 Å². The molecule has 2 saturated heterocycles. The second kappa shape index (κ2) is 7.87. The monoisotopic (exact) mass is 389 g/mol. The molecule has 154 valence electrons. The summed E-state index contributed by atoms with van der Waals surface area (Å²) in [5, 5.41) is 5.44. The third-order valence-corrected chi connectivity index (χ3v) is 6.96. The van der Waals surface area contributed by atoms with Gasteiger partial charge in [-0.05, 0) is 50.9 Å². The van der Waals surface area contributed by atoms with Gasteiger partial charge in [-0.15, -0.1) is 0 Å². The van der Waals surface area contributed by atoms with Gasteiger partial charge in [-0.2, -0.15) is 13.2 Å². The zero-order valence-corrected chi connectivity index (χ0v) is 15.6. The molecule has 27 heavy (non-hydrogen) atoms. The molecule has 0 spiro atoms. The molecule has 2 aliphatic heterocycles. The molecule has 6 atom stereocenters. The van der Waals surface area contributed by atoms with E-state index in [1.807, 2.05) is 5.01 Å². The fourth-order valence-corrected chi connectivity index (χ4v) is 5.46. The summed E-state index contributed by atoms with van der Waals surface area (Å²) in [6.45, 7) is 0.646. The standard InChI is InChI=1S/C19H30F3N3O2/c20-19(21,22)13-5-3-4-12(10-13)16-8-9-17(27-16)18(26)24-25-11-23-14-6-1-2-7-15(14)25/h12-17,23H,1-11H2,(H,24,26). The van der Waals surface area contributed by atoms with E-state index in [9.17, 15) is 18.0 Å². The topological polar surface area (TPSA) is 53.6 Å². The molecule has 0 bridgehead atoms. The van der Waals surface area contributed by atoms with Gasteiger partial charge in [0.2, 0.25) is 0 Å². The highest BCUT2D eigenvalue weighted by atomic mass is 19.4. The smallest absolute Gasteiger partial charge is 0.365 e. The molecule has 2 N–H and O–H groups in total. The molecule has 2 heterocycles. The Morgan fingerprint density at radius 1 is 1.04 bits per heavy atom. The molecular formula is C19H30F3N3O2. The molecule has 8 heteroatoms. The van der Waals surface area contributed by atoms with Crippen LogP contribution >= 0.6 is 0 Å². The maximum atomic E-state index is 13.1. The maximum absolute atomic E-state index is 13.1. The van der Waals surface area contributed by atoms with Crippen LogP contribution < -0.4 is 10.7 Å². The van der Waals surface area contributed by atoms with Crippen molar-refractivity contribution < 1.29 is 22.7 Å². The first-order valence-corrected chi connectivity index (χ1v) is 10.4. The highest BCUT2D eigenvalue weighted by Crippen LogP contribution is 2.43. The first kappa shape index (κ1) is 19.5. The van der Waals surface area contributed by atoms with Crippen molar-refractivity contribution in [1.29, 1.82) is 0 Å². The molecule has 1 amide bonds. The van der Waals surface area contributed by atoms with Gasteiger partial charge in [0.1, 0.15) is 6.10 Å². The van der Waals surface area contributed by atoms with Gasteiger partial charge in [-0.25, -0.2) is 5.01 Å². The van der Waals surface area contributed by atoms with E-state index in [0.29, 0.717) is 38.0 Å². The minimum Gasteiger partial charge on any atom is -0.365 e. The summed E-state index contributed by atoms with van der Waals surface area (Å²) in [5.74, 6) is -1.44. The number of hydrogen-bond acceptors (Lipinski definition) is 4. The molecule has 4 aliphatic rings. The van der Waals surface area contributed by atoms with Crippen LogP contribution in [-0.4, -0.2) is 48.1 Å². The van der Waals surface area contributed by atoms with Gasteiger partial charge in [-0.3, -0.25) is 15.5 Å². The molecule has 4 fully saturated rings.